The van der Waals surface area contributed by atoms with E-state index in [1.165, 1.54) is 4.70 Å². The van der Waals surface area contributed by atoms with E-state index in [0.29, 0.717) is 6.54 Å². The Kier molecular flexibility index (Phi) is 4.97. The number of carbonyl (C=O) groups excluding carboxylic acids is 1. The van der Waals surface area contributed by atoms with Crippen molar-refractivity contribution in [3.63, 3.8) is 0 Å². The molecule has 5 heteroatoms. The number of benzene rings is 3. The zero-order chi connectivity index (χ0) is 20.5. The minimum Gasteiger partial charge on any atom is -0.357 e. The monoisotopic (exact) mass is 413 g/mol. The van der Waals surface area contributed by atoms with Crippen LogP contribution in [0, 0.1) is 6.92 Å². The molecule has 150 valence electrons. The molecule has 1 amide bonds. The van der Waals surface area contributed by atoms with Gasteiger partial charge in [-0.15, -0.1) is 0 Å². The predicted molar refractivity (Wildman–Crippen MR) is 124 cm³/mol. The van der Waals surface area contributed by atoms with E-state index in [4.69, 9.17) is 0 Å². The van der Waals surface area contributed by atoms with Crippen LogP contribution in [0.2, 0.25) is 0 Å². The molecular formula is C25H23N3OS. The number of anilines is 1. The third-order valence-corrected chi connectivity index (χ3v) is 6.64. The number of likely N-dealkylation sites (tertiary alicyclic amines) is 1. The number of rotatable bonds is 4. The lowest BCUT2D eigenvalue weighted by atomic mass is 9.95. The number of aromatic nitrogens is 1. The Morgan fingerprint density at radius 2 is 1.83 bits per heavy atom. The van der Waals surface area contributed by atoms with E-state index in [1.54, 1.807) is 11.3 Å². The van der Waals surface area contributed by atoms with Crippen LogP contribution in [0.3, 0.4) is 0 Å². The van der Waals surface area contributed by atoms with Crippen LogP contribution in [-0.4, -0.2) is 34.9 Å². The molecule has 5 rings (SSSR count). The smallest absolute Gasteiger partial charge is 0.254 e. The Labute approximate surface area is 180 Å². The van der Waals surface area contributed by atoms with Crippen LogP contribution in [-0.2, 0) is 0 Å². The summed E-state index contributed by atoms with van der Waals surface area (Å²) in [4.78, 5) is 20.1. The first kappa shape index (κ1) is 18.8. The van der Waals surface area contributed by atoms with Crippen molar-refractivity contribution in [2.24, 2.45) is 0 Å². The van der Waals surface area contributed by atoms with Gasteiger partial charge in [0, 0.05) is 19.1 Å². The maximum absolute atomic E-state index is 13.5. The van der Waals surface area contributed by atoms with Crippen molar-refractivity contribution in [3.8, 4) is 11.1 Å². The van der Waals surface area contributed by atoms with E-state index < -0.39 is 0 Å². The van der Waals surface area contributed by atoms with Crippen molar-refractivity contribution in [1.82, 2.24) is 9.88 Å². The van der Waals surface area contributed by atoms with E-state index in [2.05, 4.69) is 28.5 Å². The average molecular weight is 414 g/mol. The van der Waals surface area contributed by atoms with Crippen molar-refractivity contribution in [2.75, 3.05) is 18.4 Å². The van der Waals surface area contributed by atoms with Gasteiger partial charge in [0.2, 0.25) is 0 Å². The summed E-state index contributed by atoms with van der Waals surface area (Å²) in [5.74, 6) is 0.112. The Hall–Kier alpha value is -3.18. The second-order valence-corrected chi connectivity index (χ2v) is 8.76. The summed E-state index contributed by atoms with van der Waals surface area (Å²) in [6.45, 7) is 3.47. The highest BCUT2D eigenvalue weighted by atomic mass is 32.1. The van der Waals surface area contributed by atoms with Gasteiger partial charge in [-0.05, 0) is 42.2 Å². The third-order valence-electron chi connectivity index (χ3n) is 5.67. The normalized spacial score (nSPS) is 16.2. The lowest BCUT2D eigenvalue weighted by Gasteiger charge is -2.20. The fourth-order valence-corrected chi connectivity index (χ4v) is 5.08. The van der Waals surface area contributed by atoms with Crippen LogP contribution in [0.5, 0.6) is 0 Å². The molecule has 1 aliphatic rings. The van der Waals surface area contributed by atoms with Crippen LogP contribution >= 0.6 is 11.3 Å². The number of nitrogens with zero attached hydrogens (tertiary/aromatic N) is 2. The van der Waals surface area contributed by atoms with E-state index in [-0.39, 0.29) is 11.9 Å². The molecule has 0 saturated carbocycles. The lowest BCUT2D eigenvalue weighted by molar-refractivity contribution is 0.0791. The molecule has 2 heterocycles. The SMILES string of the molecule is Cc1cccc(-c2ccccc2)c1C(=O)N1CC[C@@H](Nc2nc3ccccc3s2)C1. The van der Waals surface area contributed by atoms with E-state index in [0.717, 1.165) is 45.9 Å². The average Bonchev–Trinajstić information content (AvgIpc) is 3.40. The van der Waals surface area contributed by atoms with Gasteiger partial charge in [-0.2, -0.15) is 0 Å². The lowest BCUT2D eigenvalue weighted by Crippen LogP contribution is -2.32. The highest BCUT2D eigenvalue weighted by Crippen LogP contribution is 2.30. The molecule has 3 aromatic carbocycles. The van der Waals surface area contributed by atoms with Crippen molar-refractivity contribution in [3.05, 3.63) is 83.9 Å². The van der Waals surface area contributed by atoms with Crippen molar-refractivity contribution >= 4 is 32.6 Å². The fraction of sp³-hybridized carbons (Fsp3) is 0.200. The van der Waals surface area contributed by atoms with E-state index in [9.17, 15) is 4.79 Å². The van der Waals surface area contributed by atoms with Gasteiger partial charge in [0.1, 0.15) is 0 Å². The van der Waals surface area contributed by atoms with Gasteiger partial charge >= 0.3 is 0 Å². The minimum absolute atomic E-state index is 0.112. The number of hydrogen-bond donors (Lipinski definition) is 1. The van der Waals surface area contributed by atoms with Gasteiger partial charge in [-0.25, -0.2) is 4.98 Å². The topological polar surface area (TPSA) is 45.2 Å². The molecule has 4 nitrogen and oxygen atoms in total. The molecule has 1 aliphatic heterocycles. The van der Waals surface area contributed by atoms with Gasteiger partial charge in [0.15, 0.2) is 5.13 Å². The van der Waals surface area contributed by atoms with Gasteiger partial charge in [-0.3, -0.25) is 4.79 Å². The van der Waals surface area contributed by atoms with Crippen LogP contribution in [0.15, 0.2) is 72.8 Å². The Morgan fingerprint density at radius 1 is 1.03 bits per heavy atom. The largest absolute Gasteiger partial charge is 0.357 e. The molecule has 1 aromatic heterocycles. The van der Waals surface area contributed by atoms with Crippen molar-refractivity contribution in [1.29, 1.82) is 0 Å². The maximum atomic E-state index is 13.5. The molecule has 0 bridgehead atoms. The Bertz CT molecular complexity index is 1170. The zero-order valence-corrected chi connectivity index (χ0v) is 17.7. The molecule has 0 unspecified atom stereocenters. The van der Waals surface area contributed by atoms with Gasteiger partial charge in [0.25, 0.3) is 5.91 Å². The Balaban J connectivity index is 1.35. The van der Waals surface area contributed by atoms with E-state index in [1.807, 2.05) is 66.4 Å². The third kappa shape index (κ3) is 3.57. The molecule has 0 spiro atoms. The van der Waals surface area contributed by atoms with Crippen LogP contribution in [0.25, 0.3) is 21.3 Å². The molecule has 4 aromatic rings. The highest BCUT2D eigenvalue weighted by molar-refractivity contribution is 7.22. The molecular weight excluding hydrogens is 390 g/mol. The molecule has 1 N–H and O–H groups in total. The summed E-state index contributed by atoms with van der Waals surface area (Å²) in [7, 11) is 0. The zero-order valence-electron chi connectivity index (χ0n) is 16.8. The number of carbonyl (C=O) groups is 1. The number of hydrogen-bond acceptors (Lipinski definition) is 4. The number of nitrogens with one attached hydrogen (secondary N) is 1. The summed E-state index contributed by atoms with van der Waals surface area (Å²) >= 11 is 1.67. The first-order chi connectivity index (χ1) is 14.7. The number of aryl methyl sites for hydroxylation is 1. The summed E-state index contributed by atoms with van der Waals surface area (Å²) in [6.07, 6.45) is 0.925. The first-order valence-corrected chi connectivity index (χ1v) is 11.1. The maximum Gasteiger partial charge on any atom is 0.254 e. The highest BCUT2D eigenvalue weighted by Gasteiger charge is 2.29. The summed E-state index contributed by atoms with van der Waals surface area (Å²) < 4.78 is 1.18. The Morgan fingerprint density at radius 3 is 2.67 bits per heavy atom. The second kappa shape index (κ2) is 7.92. The van der Waals surface area contributed by atoms with Crippen LogP contribution in [0.4, 0.5) is 5.13 Å². The van der Waals surface area contributed by atoms with Crippen molar-refractivity contribution < 1.29 is 4.79 Å². The summed E-state index contributed by atoms with van der Waals surface area (Å²) in [6, 6.07) is 24.6. The number of amides is 1. The quantitative estimate of drug-likeness (QED) is 0.474. The fourth-order valence-electron chi connectivity index (χ4n) is 4.14. The predicted octanol–water partition coefficient (Wildman–Crippen LogP) is 5.60. The second-order valence-electron chi connectivity index (χ2n) is 7.73. The molecule has 1 saturated heterocycles. The van der Waals surface area contributed by atoms with Crippen LogP contribution < -0.4 is 5.32 Å². The standard InChI is InChI=1S/C25H23N3OS/c1-17-8-7-11-20(18-9-3-2-4-10-18)23(17)24(29)28-15-14-19(16-28)26-25-27-21-12-5-6-13-22(21)30-25/h2-13,19H,14-16H2,1H3,(H,26,27)/t19-/m1/s1. The molecule has 0 radical (unpaired) electrons. The molecule has 1 atom stereocenters. The molecule has 1 fully saturated rings. The van der Waals surface area contributed by atoms with Gasteiger partial charge in [-0.1, -0.05) is 72.0 Å². The summed E-state index contributed by atoms with van der Waals surface area (Å²) in [5.41, 5.74) is 4.92. The van der Waals surface area contributed by atoms with E-state index >= 15 is 0 Å². The van der Waals surface area contributed by atoms with Gasteiger partial charge in [0.05, 0.1) is 15.8 Å². The number of fused-ring (bicyclic) bond motifs is 1. The molecule has 0 aliphatic carbocycles. The van der Waals surface area contributed by atoms with Crippen molar-refractivity contribution in [2.45, 2.75) is 19.4 Å². The number of para-hydroxylation sites is 1. The van der Waals surface area contributed by atoms with Gasteiger partial charge < -0.3 is 10.2 Å². The summed E-state index contributed by atoms with van der Waals surface area (Å²) in [5, 5.41) is 4.47. The molecule has 30 heavy (non-hydrogen) atoms. The minimum atomic E-state index is 0.112. The van der Waals surface area contributed by atoms with Crippen LogP contribution in [0.1, 0.15) is 22.3 Å². The number of thiazole rings is 1. The first-order valence-electron chi connectivity index (χ1n) is 10.3.